The lowest BCUT2D eigenvalue weighted by Gasteiger charge is -2.22. The Labute approximate surface area is 98.4 Å². The normalized spacial score (nSPS) is 21.1. The third-order valence-corrected chi connectivity index (χ3v) is 3.46. The minimum atomic E-state index is 0.129. The maximum Gasteiger partial charge on any atom is 0.0366 e. The van der Waals surface area contributed by atoms with Gasteiger partial charge in [-0.05, 0) is 36.5 Å². The van der Waals surface area contributed by atoms with Gasteiger partial charge in [0.1, 0.15) is 0 Å². The first-order valence-electron chi connectivity index (χ1n) is 6.08. The molecule has 0 amide bonds. The lowest BCUT2D eigenvalue weighted by atomic mass is 9.93. The zero-order chi connectivity index (χ0) is 11.8. The van der Waals surface area contributed by atoms with E-state index in [0.717, 1.165) is 6.54 Å². The summed E-state index contributed by atoms with van der Waals surface area (Å²) in [6.45, 7) is 9.02. The van der Waals surface area contributed by atoms with Crippen molar-refractivity contribution in [3.63, 3.8) is 0 Å². The zero-order valence-electron chi connectivity index (χ0n) is 10.5. The summed E-state index contributed by atoms with van der Waals surface area (Å²) < 4.78 is 0. The summed E-state index contributed by atoms with van der Waals surface area (Å²) in [5.41, 5.74) is 8.84. The van der Waals surface area contributed by atoms with Crippen molar-refractivity contribution >= 4 is 5.69 Å². The van der Waals surface area contributed by atoms with E-state index in [0.29, 0.717) is 5.41 Å². The Morgan fingerprint density at radius 2 is 1.88 bits per heavy atom. The molecule has 0 spiro atoms. The summed E-state index contributed by atoms with van der Waals surface area (Å²) in [7, 11) is 0. The lowest BCUT2D eigenvalue weighted by molar-refractivity contribution is 0.418. The third-order valence-electron chi connectivity index (χ3n) is 3.46. The lowest BCUT2D eigenvalue weighted by Crippen LogP contribution is -2.22. The second-order valence-electron chi connectivity index (χ2n) is 5.72. The molecule has 1 aliphatic rings. The van der Waals surface area contributed by atoms with E-state index in [2.05, 4.69) is 43.0 Å². The van der Waals surface area contributed by atoms with Crippen LogP contribution in [0.5, 0.6) is 0 Å². The minimum absolute atomic E-state index is 0.129. The monoisotopic (exact) mass is 218 g/mol. The van der Waals surface area contributed by atoms with Crippen LogP contribution < -0.4 is 10.6 Å². The minimum Gasteiger partial charge on any atom is -0.371 e. The summed E-state index contributed by atoms with van der Waals surface area (Å²) in [6.07, 6.45) is 1.28. The predicted octanol–water partition coefficient (Wildman–Crippen LogP) is 2.94. The van der Waals surface area contributed by atoms with Gasteiger partial charge in [0.05, 0.1) is 0 Å². The Bertz CT molecular complexity index is 352. The fourth-order valence-electron chi connectivity index (χ4n) is 2.32. The topological polar surface area (TPSA) is 29.3 Å². The van der Waals surface area contributed by atoms with Gasteiger partial charge in [-0.2, -0.15) is 0 Å². The molecule has 0 unspecified atom stereocenters. The number of hydrogen-bond acceptors (Lipinski definition) is 2. The highest BCUT2D eigenvalue weighted by molar-refractivity contribution is 5.49. The fraction of sp³-hybridized carbons (Fsp3) is 0.571. The Morgan fingerprint density at radius 1 is 1.25 bits per heavy atom. The standard InChI is InChI=1S/C14H22N2/c1-11(15)12-4-6-13(7-5-12)16-9-8-14(2,3)10-16/h4-7,11H,8-10,15H2,1-3H3/t11-/m0/s1. The number of anilines is 1. The molecular weight excluding hydrogens is 196 g/mol. The van der Waals surface area contributed by atoms with Crippen LogP contribution in [0.2, 0.25) is 0 Å². The number of nitrogens with zero attached hydrogens (tertiary/aromatic N) is 1. The molecule has 1 saturated heterocycles. The smallest absolute Gasteiger partial charge is 0.0366 e. The maximum absolute atomic E-state index is 5.85. The summed E-state index contributed by atoms with van der Waals surface area (Å²) in [5.74, 6) is 0. The average molecular weight is 218 g/mol. The van der Waals surface area contributed by atoms with Crippen molar-refractivity contribution in [1.82, 2.24) is 0 Å². The van der Waals surface area contributed by atoms with Crippen LogP contribution in [0.3, 0.4) is 0 Å². The number of benzene rings is 1. The molecule has 0 aromatic heterocycles. The van der Waals surface area contributed by atoms with Crippen LogP contribution in [0.15, 0.2) is 24.3 Å². The van der Waals surface area contributed by atoms with Crippen molar-refractivity contribution in [3.8, 4) is 0 Å². The van der Waals surface area contributed by atoms with Crippen LogP contribution >= 0.6 is 0 Å². The van der Waals surface area contributed by atoms with E-state index in [1.165, 1.54) is 24.2 Å². The first-order chi connectivity index (χ1) is 7.48. The molecule has 1 atom stereocenters. The van der Waals surface area contributed by atoms with Gasteiger partial charge >= 0.3 is 0 Å². The Hall–Kier alpha value is -1.02. The second-order valence-corrected chi connectivity index (χ2v) is 5.72. The van der Waals surface area contributed by atoms with Crippen LogP contribution in [0.25, 0.3) is 0 Å². The van der Waals surface area contributed by atoms with Gasteiger partial charge < -0.3 is 10.6 Å². The van der Waals surface area contributed by atoms with Gasteiger partial charge in [-0.1, -0.05) is 26.0 Å². The van der Waals surface area contributed by atoms with Crippen LogP contribution in [-0.4, -0.2) is 13.1 Å². The molecule has 0 aliphatic carbocycles. The van der Waals surface area contributed by atoms with Gasteiger partial charge in [-0.3, -0.25) is 0 Å². The first-order valence-corrected chi connectivity index (χ1v) is 6.08. The van der Waals surface area contributed by atoms with Gasteiger partial charge in [0.25, 0.3) is 0 Å². The van der Waals surface area contributed by atoms with E-state index >= 15 is 0 Å². The van der Waals surface area contributed by atoms with Gasteiger partial charge in [0, 0.05) is 24.8 Å². The van der Waals surface area contributed by atoms with Crippen molar-refractivity contribution in [2.24, 2.45) is 11.1 Å². The van der Waals surface area contributed by atoms with Crippen molar-refractivity contribution in [2.45, 2.75) is 33.2 Å². The highest BCUT2D eigenvalue weighted by Crippen LogP contribution is 2.32. The van der Waals surface area contributed by atoms with Crippen molar-refractivity contribution < 1.29 is 0 Å². The Morgan fingerprint density at radius 3 is 2.31 bits per heavy atom. The van der Waals surface area contributed by atoms with E-state index in [1.807, 2.05) is 6.92 Å². The van der Waals surface area contributed by atoms with E-state index < -0.39 is 0 Å². The molecule has 0 radical (unpaired) electrons. The quantitative estimate of drug-likeness (QED) is 0.827. The molecule has 16 heavy (non-hydrogen) atoms. The van der Waals surface area contributed by atoms with Gasteiger partial charge in [-0.15, -0.1) is 0 Å². The summed E-state index contributed by atoms with van der Waals surface area (Å²) in [6, 6.07) is 8.81. The number of rotatable bonds is 2. The highest BCUT2D eigenvalue weighted by Gasteiger charge is 2.29. The molecule has 1 aromatic carbocycles. The first kappa shape index (κ1) is 11.5. The molecule has 1 heterocycles. The molecule has 88 valence electrons. The summed E-state index contributed by atoms with van der Waals surface area (Å²) in [4.78, 5) is 2.46. The predicted molar refractivity (Wildman–Crippen MR) is 69.7 cm³/mol. The van der Waals surface area contributed by atoms with Gasteiger partial charge in [0.2, 0.25) is 0 Å². The van der Waals surface area contributed by atoms with E-state index in [9.17, 15) is 0 Å². The SMILES string of the molecule is C[C@H](N)c1ccc(N2CCC(C)(C)C2)cc1. The Kier molecular flexibility index (Phi) is 2.94. The van der Waals surface area contributed by atoms with Crippen LogP contribution in [0, 0.1) is 5.41 Å². The van der Waals surface area contributed by atoms with E-state index in [-0.39, 0.29) is 6.04 Å². The van der Waals surface area contributed by atoms with Crippen LogP contribution in [0.4, 0.5) is 5.69 Å². The molecule has 2 heteroatoms. The largest absolute Gasteiger partial charge is 0.371 e. The summed E-state index contributed by atoms with van der Waals surface area (Å²) in [5, 5.41) is 0. The van der Waals surface area contributed by atoms with Crippen LogP contribution in [-0.2, 0) is 0 Å². The van der Waals surface area contributed by atoms with Gasteiger partial charge in [-0.25, -0.2) is 0 Å². The molecule has 0 bridgehead atoms. The number of hydrogen-bond donors (Lipinski definition) is 1. The molecule has 2 nitrogen and oxygen atoms in total. The van der Waals surface area contributed by atoms with Crippen molar-refractivity contribution in [1.29, 1.82) is 0 Å². The molecule has 1 aliphatic heterocycles. The average Bonchev–Trinajstić information content (AvgIpc) is 2.59. The second kappa shape index (κ2) is 4.10. The molecule has 0 saturated carbocycles. The molecule has 1 aromatic rings. The maximum atomic E-state index is 5.85. The molecule has 2 rings (SSSR count). The fourth-order valence-corrected chi connectivity index (χ4v) is 2.32. The zero-order valence-corrected chi connectivity index (χ0v) is 10.5. The molecule has 2 N–H and O–H groups in total. The third kappa shape index (κ3) is 2.38. The van der Waals surface area contributed by atoms with E-state index in [1.54, 1.807) is 0 Å². The highest BCUT2D eigenvalue weighted by atomic mass is 15.2. The van der Waals surface area contributed by atoms with Crippen molar-refractivity contribution in [2.75, 3.05) is 18.0 Å². The Balaban J connectivity index is 2.11. The van der Waals surface area contributed by atoms with Gasteiger partial charge in [0.15, 0.2) is 0 Å². The van der Waals surface area contributed by atoms with Crippen molar-refractivity contribution in [3.05, 3.63) is 29.8 Å². The van der Waals surface area contributed by atoms with Crippen LogP contribution in [0.1, 0.15) is 38.8 Å². The molecular formula is C14H22N2. The summed E-state index contributed by atoms with van der Waals surface area (Å²) >= 11 is 0. The molecule has 1 fully saturated rings. The number of nitrogens with two attached hydrogens (primary N) is 1. The van der Waals surface area contributed by atoms with E-state index in [4.69, 9.17) is 5.73 Å².